The van der Waals surface area contributed by atoms with Gasteiger partial charge in [-0.2, -0.15) is 0 Å². The van der Waals surface area contributed by atoms with Gasteiger partial charge in [-0.25, -0.2) is 4.79 Å². The number of nitrogens with one attached hydrogen (secondary N) is 2. The highest BCUT2D eigenvalue weighted by atomic mass is 16.5. The average Bonchev–Trinajstić information content (AvgIpc) is 3.49. The first-order valence-corrected chi connectivity index (χ1v) is 9.01. The summed E-state index contributed by atoms with van der Waals surface area (Å²) in [4.78, 5) is 12.4. The van der Waals surface area contributed by atoms with Crippen LogP contribution < -0.4 is 10.6 Å². The molecule has 4 nitrogen and oxygen atoms in total. The Morgan fingerprint density at radius 2 is 1.76 bits per heavy atom. The molecule has 0 saturated heterocycles. The highest BCUT2D eigenvalue weighted by molar-refractivity contribution is 5.74. The van der Waals surface area contributed by atoms with Crippen LogP contribution in [-0.4, -0.2) is 12.6 Å². The summed E-state index contributed by atoms with van der Waals surface area (Å²) in [5.74, 6) is 0.554. The van der Waals surface area contributed by atoms with Crippen molar-refractivity contribution in [1.82, 2.24) is 10.6 Å². The van der Waals surface area contributed by atoms with Gasteiger partial charge in [-0.05, 0) is 42.4 Å². The van der Waals surface area contributed by atoms with Gasteiger partial charge in [0.15, 0.2) is 0 Å². The number of carbonyl (C=O) groups is 1. The van der Waals surface area contributed by atoms with Crippen molar-refractivity contribution in [2.45, 2.75) is 39.0 Å². The van der Waals surface area contributed by atoms with Crippen molar-refractivity contribution in [1.29, 1.82) is 0 Å². The van der Waals surface area contributed by atoms with E-state index >= 15 is 0 Å². The van der Waals surface area contributed by atoms with Crippen molar-refractivity contribution >= 4 is 6.03 Å². The SMILES string of the molecule is CCOCc1ccccc1CNC(=O)N[C@H](c1ccccc1)C1CC1. The molecule has 1 fully saturated rings. The molecule has 2 N–H and O–H groups in total. The molecule has 0 unspecified atom stereocenters. The maximum absolute atomic E-state index is 12.4. The number of amides is 2. The quantitative estimate of drug-likeness (QED) is 0.759. The van der Waals surface area contributed by atoms with E-state index in [1.54, 1.807) is 0 Å². The maximum Gasteiger partial charge on any atom is 0.315 e. The van der Waals surface area contributed by atoms with E-state index in [2.05, 4.69) is 22.8 Å². The molecule has 0 bridgehead atoms. The summed E-state index contributed by atoms with van der Waals surface area (Å²) < 4.78 is 5.50. The van der Waals surface area contributed by atoms with Crippen LogP contribution in [0.5, 0.6) is 0 Å². The number of rotatable bonds is 8. The van der Waals surface area contributed by atoms with E-state index in [-0.39, 0.29) is 12.1 Å². The molecular formula is C21H26N2O2. The minimum atomic E-state index is -0.119. The van der Waals surface area contributed by atoms with Crippen LogP contribution >= 0.6 is 0 Å². The molecule has 0 aliphatic heterocycles. The van der Waals surface area contributed by atoms with E-state index in [1.165, 1.54) is 18.4 Å². The lowest BCUT2D eigenvalue weighted by atomic mass is 10.0. The van der Waals surface area contributed by atoms with E-state index in [9.17, 15) is 4.79 Å². The fourth-order valence-electron chi connectivity index (χ4n) is 3.01. The smallest absolute Gasteiger partial charge is 0.315 e. The number of carbonyl (C=O) groups excluding carboxylic acids is 1. The van der Waals surface area contributed by atoms with Gasteiger partial charge in [0.25, 0.3) is 0 Å². The maximum atomic E-state index is 12.4. The highest BCUT2D eigenvalue weighted by Gasteiger charge is 2.33. The van der Waals surface area contributed by atoms with Gasteiger partial charge in [0.2, 0.25) is 0 Å². The Morgan fingerprint density at radius 3 is 2.44 bits per heavy atom. The highest BCUT2D eigenvalue weighted by Crippen LogP contribution is 2.40. The summed E-state index contributed by atoms with van der Waals surface area (Å²) in [5.41, 5.74) is 3.39. The van der Waals surface area contributed by atoms with Crippen LogP contribution in [-0.2, 0) is 17.9 Å². The summed E-state index contributed by atoms with van der Waals surface area (Å²) in [5, 5.41) is 6.14. The summed E-state index contributed by atoms with van der Waals surface area (Å²) in [6.45, 7) is 3.74. The molecule has 2 amide bonds. The molecule has 1 aliphatic rings. The van der Waals surface area contributed by atoms with Crippen LogP contribution in [0.2, 0.25) is 0 Å². The Morgan fingerprint density at radius 1 is 1.08 bits per heavy atom. The van der Waals surface area contributed by atoms with E-state index in [0.717, 1.165) is 11.1 Å². The van der Waals surface area contributed by atoms with Crippen LogP contribution in [0.15, 0.2) is 54.6 Å². The minimum absolute atomic E-state index is 0.0971. The lowest BCUT2D eigenvalue weighted by molar-refractivity contribution is 0.133. The van der Waals surface area contributed by atoms with Gasteiger partial charge in [0, 0.05) is 13.2 Å². The largest absolute Gasteiger partial charge is 0.377 e. The predicted molar refractivity (Wildman–Crippen MR) is 99.1 cm³/mol. The Balaban J connectivity index is 1.57. The van der Waals surface area contributed by atoms with Gasteiger partial charge < -0.3 is 15.4 Å². The van der Waals surface area contributed by atoms with E-state index in [1.807, 2.05) is 49.4 Å². The molecule has 2 aromatic carbocycles. The predicted octanol–water partition coefficient (Wildman–Crippen LogP) is 4.17. The number of hydrogen-bond donors (Lipinski definition) is 2. The molecule has 0 aromatic heterocycles. The van der Waals surface area contributed by atoms with Crippen molar-refractivity contribution in [2.24, 2.45) is 5.92 Å². The third kappa shape index (κ3) is 5.07. The summed E-state index contributed by atoms with van der Waals surface area (Å²) >= 11 is 0. The Hall–Kier alpha value is -2.33. The minimum Gasteiger partial charge on any atom is -0.377 e. The Labute approximate surface area is 149 Å². The van der Waals surface area contributed by atoms with Gasteiger partial charge >= 0.3 is 6.03 Å². The monoisotopic (exact) mass is 338 g/mol. The zero-order valence-corrected chi connectivity index (χ0v) is 14.7. The van der Waals surface area contributed by atoms with E-state index in [0.29, 0.717) is 25.7 Å². The lowest BCUT2D eigenvalue weighted by Crippen LogP contribution is -2.38. The molecule has 2 aromatic rings. The molecular weight excluding hydrogens is 312 g/mol. The van der Waals surface area contributed by atoms with Crippen LogP contribution in [0.25, 0.3) is 0 Å². The van der Waals surface area contributed by atoms with Gasteiger partial charge in [-0.3, -0.25) is 0 Å². The second kappa shape index (κ2) is 8.67. The summed E-state index contributed by atoms with van der Waals surface area (Å²) in [7, 11) is 0. The number of benzene rings is 2. The first-order valence-electron chi connectivity index (χ1n) is 9.01. The Kier molecular flexibility index (Phi) is 6.07. The van der Waals surface area contributed by atoms with Gasteiger partial charge in [0.05, 0.1) is 12.6 Å². The van der Waals surface area contributed by atoms with Gasteiger partial charge in [-0.15, -0.1) is 0 Å². The third-order valence-corrected chi connectivity index (χ3v) is 4.56. The zero-order valence-electron chi connectivity index (χ0n) is 14.7. The molecule has 1 saturated carbocycles. The molecule has 132 valence electrons. The van der Waals surface area contributed by atoms with Crippen molar-refractivity contribution < 1.29 is 9.53 Å². The molecule has 3 rings (SSSR count). The molecule has 0 heterocycles. The molecule has 1 atom stereocenters. The second-order valence-corrected chi connectivity index (χ2v) is 6.46. The fraction of sp³-hybridized carbons (Fsp3) is 0.381. The first kappa shape index (κ1) is 17.5. The topological polar surface area (TPSA) is 50.4 Å². The van der Waals surface area contributed by atoms with Crippen molar-refractivity contribution in [3.63, 3.8) is 0 Å². The zero-order chi connectivity index (χ0) is 17.5. The number of urea groups is 1. The van der Waals surface area contributed by atoms with Gasteiger partial charge in [-0.1, -0.05) is 54.6 Å². The van der Waals surface area contributed by atoms with Crippen molar-refractivity contribution in [3.8, 4) is 0 Å². The molecule has 0 spiro atoms. The van der Waals surface area contributed by atoms with Crippen LogP contribution in [0, 0.1) is 5.92 Å². The van der Waals surface area contributed by atoms with Gasteiger partial charge in [0.1, 0.15) is 0 Å². The number of hydrogen-bond acceptors (Lipinski definition) is 2. The third-order valence-electron chi connectivity index (χ3n) is 4.56. The summed E-state index contributed by atoms with van der Waals surface area (Å²) in [6, 6.07) is 18.3. The van der Waals surface area contributed by atoms with Crippen molar-refractivity contribution in [2.75, 3.05) is 6.61 Å². The Bertz CT molecular complexity index is 683. The molecule has 0 radical (unpaired) electrons. The van der Waals surface area contributed by atoms with Crippen LogP contribution in [0.1, 0.15) is 42.5 Å². The van der Waals surface area contributed by atoms with Crippen LogP contribution in [0.4, 0.5) is 4.79 Å². The van der Waals surface area contributed by atoms with Crippen LogP contribution in [0.3, 0.4) is 0 Å². The standard InChI is InChI=1S/C21H26N2O2/c1-2-25-15-19-11-7-6-10-18(19)14-22-21(24)23-20(17-12-13-17)16-8-4-3-5-9-16/h3-11,17,20H,2,12-15H2,1H3,(H2,22,23,24)/t20-/m1/s1. The fourth-order valence-corrected chi connectivity index (χ4v) is 3.01. The van der Waals surface area contributed by atoms with E-state index in [4.69, 9.17) is 4.74 Å². The second-order valence-electron chi connectivity index (χ2n) is 6.46. The molecule has 4 heteroatoms. The first-order chi connectivity index (χ1) is 12.3. The lowest BCUT2D eigenvalue weighted by Gasteiger charge is -2.19. The van der Waals surface area contributed by atoms with Crippen molar-refractivity contribution in [3.05, 3.63) is 71.3 Å². The molecule has 1 aliphatic carbocycles. The normalized spacial score (nSPS) is 14.8. The number of ether oxygens (including phenoxy) is 1. The molecule has 25 heavy (non-hydrogen) atoms. The van der Waals surface area contributed by atoms with E-state index < -0.39 is 0 Å². The average molecular weight is 338 g/mol. The summed E-state index contributed by atoms with van der Waals surface area (Å²) in [6.07, 6.45) is 2.36.